The predicted molar refractivity (Wildman–Crippen MR) is 61.3 cm³/mol. The fourth-order valence-electron chi connectivity index (χ4n) is 1.40. The summed E-state index contributed by atoms with van der Waals surface area (Å²) in [6, 6.07) is 0.926. The van der Waals surface area contributed by atoms with E-state index < -0.39 is 0 Å². The Hall–Kier alpha value is -0.770. The molecule has 0 saturated heterocycles. The zero-order valence-electron chi connectivity index (χ0n) is 9.29. The molecule has 0 aliphatic carbocycles. The summed E-state index contributed by atoms with van der Waals surface area (Å²) in [5.41, 5.74) is 0. The molecule has 1 heterocycles. The monoisotopic (exact) mass is 231 g/mol. The Morgan fingerprint density at radius 3 is 2.80 bits per heavy atom. The van der Waals surface area contributed by atoms with E-state index in [-0.39, 0.29) is 0 Å². The Labute approximate surface area is 95.4 Å². The Bertz CT molecular complexity index is 277. The van der Waals surface area contributed by atoms with Crippen molar-refractivity contribution in [1.29, 1.82) is 0 Å². The van der Waals surface area contributed by atoms with Gasteiger partial charge in [0.25, 0.3) is 0 Å². The van der Waals surface area contributed by atoms with E-state index in [1.54, 1.807) is 0 Å². The Kier molecular flexibility index (Phi) is 5.47. The second-order valence-corrected chi connectivity index (χ2v) is 3.86. The van der Waals surface area contributed by atoms with Crippen molar-refractivity contribution in [3.8, 4) is 0 Å². The number of aromatic nitrogens is 2. The van der Waals surface area contributed by atoms with E-state index in [0.717, 1.165) is 19.3 Å². The molecule has 0 aliphatic heterocycles. The molecule has 0 aliphatic rings. The molecule has 1 rings (SSSR count). The van der Waals surface area contributed by atoms with Gasteiger partial charge in [0.1, 0.15) is 0 Å². The van der Waals surface area contributed by atoms with Crippen molar-refractivity contribution in [3.63, 3.8) is 0 Å². The SMILES string of the molecule is CCCC(CC)Nc1nnc(CCCl)o1. The van der Waals surface area contributed by atoms with Gasteiger partial charge in [-0.05, 0) is 12.8 Å². The van der Waals surface area contributed by atoms with Gasteiger partial charge in [0.2, 0.25) is 5.89 Å². The van der Waals surface area contributed by atoms with Crippen LogP contribution in [0, 0.1) is 0 Å². The van der Waals surface area contributed by atoms with Crippen molar-refractivity contribution in [2.45, 2.75) is 45.6 Å². The number of nitrogens with zero attached hydrogens (tertiary/aromatic N) is 2. The standard InChI is InChI=1S/C10H18ClN3O/c1-3-5-8(4-2)12-10-14-13-9(15-10)6-7-11/h8H,3-7H2,1-2H3,(H,12,14). The first-order chi connectivity index (χ1) is 7.30. The molecular weight excluding hydrogens is 214 g/mol. The van der Waals surface area contributed by atoms with Crippen LogP contribution in [0.1, 0.15) is 39.0 Å². The molecule has 0 aromatic carbocycles. The van der Waals surface area contributed by atoms with E-state index in [2.05, 4.69) is 29.4 Å². The molecule has 1 unspecified atom stereocenters. The average molecular weight is 232 g/mol. The number of anilines is 1. The normalized spacial score (nSPS) is 12.7. The third kappa shape index (κ3) is 4.08. The molecule has 0 spiro atoms. The molecule has 1 N–H and O–H groups in total. The quantitative estimate of drug-likeness (QED) is 0.734. The van der Waals surface area contributed by atoms with Crippen molar-refractivity contribution in [2.24, 2.45) is 0 Å². The maximum absolute atomic E-state index is 5.58. The first-order valence-electron chi connectivity index (χ1n) is 5.45. The van der Waals surface area contributed by atoms with Crippen LogP contribution in [0.2, 0.25) is 0 Å². The highest BCUT2D eigenvalue weighted by Crippen LogP contribution is 2.12. The highest BCUT2D eigenvalue weighted by molar-refractivity contribution is 6.17. The molecule has 5 heteroatoms. The second kappa shape index (κ2) is 6.67. The number of aryl methyl sites for hydroxylation is 1. The van der Waals surface area contributed by atoms with Gasteiger partial charge in [-0.1, -0.05) is 25.4 Å². The molecule has 0 bridgehead atoms. The van der Waals surface area contributed by atoms with Crippen LogP contribution >= 0.6 is 11.6 Å². The molecule has 0 radical (unpaired) electrons. The maximum Gasteiger partial charge on any atom is 0.315 e. The smallest absolute Gasteiger partial charge is 0.315 e. The summed E-state index contributed by atoms with van der Waals surface area (Å²) < 4.78 is 5.38. The van der Waals surface area contributed by atoms with E-state index in [4.69, 9.17) is 16.0 Å². The lowest BCUT2D eigenvalue weighted by molar-refractivity contribution is 0.497. The molecule has 4 nitrogen and oxygen atoms in total. The lowest BCUT2D eigenvalue weighted by Gasteiger charge is -2.13. The summed E-state index contributed by atoms with van der Waals surface area (Å²) in [4.78, 5) is 0. The molecule has 1 atom stereocenters. The van der Waals surface area contributed by atoms with Crippen molar-refractivity contribution in [3.05, 3.63) is 5.89 Å². The van der Waals surface area contributed by atoms with Crippen molar-refractivity contribution < 1.29 is 4.42 Å². The van der Waals surface area contributed by atoms with Gasteiger partial charge in [-0.15, -0.1) is 16.7 Å². The average Bonchev–Trinajstić information content (AvgIpc) is 2.66. The summed E-state index contributed by atoms with van der Waals surface area (Å²) in [6.07, 6.45) is 3.94. The highest BCUT2D eigenvalue weighted by Gasteiger charge is 2.10. The Balaban J connectivity index is 2.47. The number of hydrogen-bond acceptors (Lipinski definition) is 4. The molecule has 0 amide bonds. The molecule has 1 aromatic rings. The van der Waals surface area contributed by atoms with E-state index in [0.29, 0.717) is 30.2 Å². The first kappa shape index (κ1) is 12.3. The molecule has 0 saturated carbocycles. The Morgan fingerprint density at radius 2 is 2.20 bits per heavy atom. The minimum absolute atomic E-state index is 0.416. The third-order valence-corrected chi connectivity index (χ3v) is 2.42. The summed E-state index contributed by atoms with van der Waals surface area (Å²) >= 11 is 5.58. The van der Waals surface area contributed by atoms with Gasteiger partial charge in [-0.3, -0.25) is 0 Å². The number of hydrogen-bond donors (Lipinski definition) is 1. The molecule has 0 fully saturated rings. The van der Waals surface area contributed by atoms with Crippen LogP contribution < -0.4 is 5.32 Å². The van der Waals surface area contributed by atoms with Gasteiger partial charge in [0, 0.05) is 18.3 Å². The summed E-state index contributed by atoms with van der Waals surface area (Å²) in [5, 5.41) is 11.0. The van der Waals surface area contributed by atoms with Gasteiger partial charge in [-0.25, -0.2) is 0 Å². The number of rotatable bonds is 7. The largest absolute Gasteiger partial charge is 0.408 e. The highest BCUT2D eigenvalue weighted by atomic mass is 35.5. The number of halogens is 1. The number of nitrogens with one attached hydrogen (secondary N) is 1. The van der Waals surface area contributed by atoms with E-state index in [1.165, 1.54) is 0 Å². The predicted octanol–water partition coefficient (Wildman–Crippen LogP) is 2.84. The van der Waals surface area contributed by atoms with E-state index in [9.17, 15) is 0 Å². The fraction of sp³-hybridized carbons (Fsp3) is 0.800. The second-order valence-electron chi connectivity index (χ2n) is 3.48. The van der Waals surface area contributed by atoms with Crippen molar-refractivity contribution in [2.75, 3.05) is 11.2 Å². The van der Waals surface area contributed by atoms with Gasteiger partial charge in [0.05, 0.1) is 0 Å². The lowest BCUT2D eigenvalue weighted by atomic mass is 10.1. The minimum atomic E-state index is 0.416. The van der Waals surface area contributed by atoms with Crippen LogP contribution in [0.25, 0.3) is 0 Å². The minimum Gasteiger partial charge on any atom is -0.408 e. The molecule has 15 heavy (non-hydrogen) atoms. The van der Waals surface area contributed by atoms with Crippen LogP contribution in [-0.2, 0) is 6.42 Å². The molecule has 86 valence electrons. The zero-order chi connectivity index (χ0) is 11.1. The molecule has 1 aromatic heterocycles. The Morgan fingerprint density at radius 1 is 1.40 bits per heavy atom. The van der Waals surface area contributed by atoms with Gasteiger partial charge < -0.3 is 9.73 Å². The van der Waals surface area contributed by atoms with Crippen LogP contribution in [0.5, 0.6) is 0 Å². The summed E-state index contributed by atoms with van der Waals surface area (Å²) in [5.74, 6) is 1.10. The zero-order valence-corrected chi connectivity index (χ0v) is 10.0. The van der Waals surface area contributed by atoms with Gasteiger partial charge in [-0.2, -0.15) is 0 Å². The topological polar surface area (TPSA) is 51.0 Å². The van der Waals surface area contributed by atoms with Crippen molar-refractivity contribution in [1.82, 2.24) is 10.2 Å². The third-order valence-electron chi connectivity index (χ3n) is 2.23. The van der Waals surface area contributed by atoms with Crippen LogP contribution in [0.3, 0.4) is 0 Å². The summed E-state index contributed by atoms with van der Waals surface area (Å²) in [6.45, 7) is 4.31. The van der Waals surface area contributed by atoms with Gasteiger partial charge in [0.15, 0.2) is 0 Å². The maximum atomic E-state index is 5.58. The summed E-state index contributed by atoms with van der Waals surface area (Å²) in [7, 11) is 0. The fourth-order valence-corrected chi connectivity index (χ4v) is 1.56. The van der Waals surface area contributed by atoms with Crippen LogP contribution in [0.15, 0.2) is 4.42 Å². The van der Waals surface area contributed by atoms with Crippen LogP contribution in [-0.4, -0.2) is 22.1 Å². The van der Waals surface area contributed by atoms with Crippen molar-refractivity contribution >= 4 is 17.6 Å². The number of alkyl halides is 1. The van der Waals surface area contributed by atoms with Crippen LogP contribution in [0.4, 0.5) is 6.01 Å². The first-order valence-corrected chi connectivity index (χ1v) is 5.98. The lowest BCUT2D eigenvalue weighted by Crippen LogP contribution is -2.18. The van der Waals surface area contributed by atoms with E-state index >= 15 is 0 Å². The van der Waals surface area contributed by atoms with E-state index in [1.807, 2.05) is 0 Å². The molecular formula is C10H18ClN3O. The van der Waals surface area contributed by atoms with Gasteiger partial charge >= 0.3 is 6.01 Å².